The molecule has 0 fully saturated rings. The summed E-state index contributed by atoms with van der Waals surface area (Å²) in [6.45, 7) is 13.4. The van der Waals surface area contributed by atoms with E-state index in [2.05, 4.69) is 6.58 Å². The second-order valence-electron chi connectivity index (χ2n) is 5.78. The third-order valence-electron chi connectivity index (χ3n) is 4.00. The highest BCUT2D eigenvalue weighted by atomic mass is 16.6. The van der Waals surface area contributed by atoms with E-state index in [4.69, 9.17) is 9.47 Å². The number of carbonyl (C=O) groups excluding carboxylic acids is 2. The van der Waals surface area contributed by atoms with Crippen molar-refractivity contribution in [3.8, 4) is 0 Å². The van der Waals surface area contributed by atoms with E-state index in [-0.39, 0.29) is 11.8 Å². The van der Waals surface area contributed by atoms with E-state index in [0.29, 0.717) is 32.3 Å². The van der Waals surface area contributed by atoms with Crippen LogP contribution in [0.3, 0.4) is 0 Å². The SMILES string of the molecule is C=CC(=O)C(C)(CC)OCCC(C)(CC)OC(=O)CCC. The quantitative estimate of drug-likeness (QED) is 0.430. The molecule has 0 bridgehead atoms. The van der Waals surface area contributed by atoms with Crippen LogP contribution in [0.4, 0.5) is 0 Å². The molecule has 0 amide bonds. The van der Waals surface area contributed by atoms with Crippen molar-refractivity contribution in [2.24, 2.45) is 0 Å². The van der Waals surface area contributed by atoms with Crippen molar-refractivity contribution in [2.75, 3.05) is 6.61 Å². The van der Waals surface area contributed by atoms with Gasteiger partial charge >= 0.3 is 5.97 Å². The van der Waals surface area contributed by atoms with Crippen LogP contribution in [-0.2, 0) is 19.1 Å². The number of hydrogen-bond donors (Lipinski definition) is 0. The van der Waals surface area contributed by atoms with Gasteiger partial charge in [-0.25, -0.2) is 0 Å². The lowest BCUT2D eigenvalue weighted by atomic mass is 9.96. The van der Waals surface area contributed by atoms with Crippen LogP contribution in [0.2, 0.25) is 0 Å². The minimum atomic E-state index is -0.843. The van der Waals surface area contributed by atoms with Crippen molar-refractivity contribution in [1.29, 1.82) is 0 Å². The molecule has 4 heteroatoms. The highest BCUT2D eigenvalue weighted by Gasteiger charge is 2.32. The lowest BCUT2D eigenvalue weighted by molar-refractivity contribution is -0.163. The number of ether oxygens (including phenoxy) is 2. The Morgan fingerprint density at radius 1 is 1.14 bits per heavy atom. The molecule has 0 aromatic heterocycles. The number of carbonyl (C=O) groups is 2. The van der Waals surface area contributed by atoms with Crippen LogP contribution in [0.25, 0.3) is 0 Å². The lowest BCUT2D eigenvalue weighted by Gasteiger charge is -2.31. The number of rotatable bonds is 11. The van der Waals surface area contributed by atoms with Crippen molar-refractivity contribution in [3.63, 3.8) is 0 Å². The van der Waals surface area contributed by atoms with Gasteiger partial charge in [0.2, 0.25) is 0 Å². The highest BCUT2D eigenvalue weighted by molar-refractivity contribution is 5.96. The topological polar surface area (TPSA) is 52.6 Å². The molecule has 0 aliphatic heterocycles. The average Bonchev–Trinajstić information content (AvgIpc) is 2.46. The Hall–Kier alpha value is -1.16. The first-order valence-electron chi connectivity index (χ1n) is 7.79. The lowest BCUT2D eigenvalue weighted by Crippen LogP contribution is -2.39. The fourth-order valence-electron chi connectivity index (χ4n) is 1.89. The molecule has 0 aliphatic rings. The Labute approximate surface area is 128 Å². The minimum Gasteiger partial charge on any atom is -0.459 e. The standard InChI is InChI=1S/C17H30O4/c1-7-11-15(19)21-16(5,9-3)12-13-20-17(6,10-4)14(18)8-2/h8H,2,7,9-13H2,1,3-6H3. The molecule has 0 spiro atoms. The number of hydrogen-bond acceptors (Lipinski definition) is 4. The van der Waals surface area contributed by atoms with Crippen LogP contribution in [0, 0.1) is 0 Å². The van der Waals surface area contributed by atoms with Crippen molar-refractivity contribution < 1.29 is 19.1 Å². The average molecular weight is 298 g/mol. The summed E-state index contributed by atoms with van der Waals surface area (Å²) in [5.74, 6) is -0.298. The van der Waals surface area contributed by atoms with Gasteiger partial charge < -0.3 is 9.47 Å². The van der Waals surface area contributed by atoms with Gasteiger partial charge in [0.05, 0.1) is 6.61 Å². The Morgan fingerprint density at radius 3 is 2.19 bits per heavy atom. The zero-order valence-corrected chi connectivity index (χ0v) is 14.2. The molecule has 0 saturated carbocycles. The summed E-state index contributed by atoms with van der Waals surface area (Å²) >= 11 is 0. The zero-order valence-electron chi connectivity index (χ0n) is 14.2. The first-order valence-corrected chi connectivity index (χ1v) is 7.79. The maximum atomic E-state index is 11.8. The molecule has 4 nitrogen and oxygen atoms in total. The minimum absolute atomic E-state index is 0.119. The molecule has 122 valence electrons. The number of ketones is 1. The third kappa shape index (κ3) is 6.42. The smallest absolute Gasteiger partial charge is 0.306 e. The Balaban J connectivity index is 4.54. The maximum Gasteiger partial charge on any atom is 0.306 e. The van der Waals surface area contributed by atoms with E-state index in [1.807, 2.05) is 27.7 Å². The van der Waals surface area contributed by atoms with Crippen LogP contribution in [0.15, 0.2) is 12.7 Å². The Bertz CT molecular complexity index is 364. The van der Waals surface area contributed by atoms with E-state index in [9.17, 15) is 9.59 Å². The molecule has 0 aromatic carbocycles. The van der Waals surface area contributed by atoms with E-state index >= 15 is 0 Å². The highest BCUT2D eigenvalue weighted by Crippen LogP contribution is 2.24. The molecule has 0 rings (SSSR count). The van der Waals surface area contributed by atoms with Gasteiger partial charge in [0.15, 0.2) is 5.78 Å². The Kier molecular flexibility index (Phi) is 8.48. The van der Waals surface area contributed by atoms with E-state index < -0.39 is 11.2 Å². The van der Waals surface area contributed by atoms with Gasteiger partial charge in [-0.15, -0.1) is 0 Å². The number of esters is 1. The second-order valence-corrected chi connectivity index (χ2v) is 5.78. The summed E-state index contributed by atoms with van der Waals surface area (Å²) in [6.07, 6.45) is 4.36. The monoisotopic (exact) mass is 298 g/mol. The van der Waals surface area contributed by atoms with Crippen LogP contribution in [-0.4, -0.2) is 29.6 Å². The van der Waals surface area contributed by atoms with Crippen molar-refractivity contribution in [1.82, 2.24) is 0 Å². The van der Waals surface area contributed by atoms with Crippen LogP contribution < -0.4 is 0 Å². The summed E-state index contributed by atoms with van der Waals surface area (Å²) in [4.78, 5) is 23.5. The molecule has 0 saturated heterocycles. The molecule has 0 aliphatic carbocycles. The molecule has 0 aromatic rings. The van der Waals surface area contributed by atoms with Gasteiger partial charge in [0, 0.05) is 12.8 Å². The van der Waals surface area contributed by atoms with Gasteiger partial charge in [-0.3, -0.25) is 9.59 Å². The van der Waals surface area contributed by atoms with Gasteiger partial charge in [0.25, 0.3) is 0 Å². The predicted molar refractivity (Wildman–Crippen MR) is 84.2 cm³/mol. The van der Waals surface area contributed by atoms with E-state index in [0.717, 1.165) is 6.42 Å². The summed E-state index contributed by atoms with van der Waals surface area (Å²) in [6, 6.07) is 0. The molecular weight excluding hydrogens is 268 g/mol. The zero-order chi connectivity index (χ0) is 16.5. The van der Waals surface area contributed by atoms with Gasteiger partial charge in [-0.2, -0.15) is 0 Å². The van der Waals surface area contributed by atoms with E-state index in [1.54, 1.807) is 6.92 Å². The molecular formula is C17H30O4. The molecule has 21 heavy (non-hydrogen) atoms. The molecule has 2 unspecified atom stereocenters. The summed E-state index contributed by atoms with van der Waals surface area (Å²) in [5, 5.41) is 0. The van der Waals surface area contributed by atoms with Crippen molar-refractivity contribution in [3.05, 3.63) is 12.7 Å². The fourth-order valence-corrected chi connectivity index (χ4v) is 1.89. The summed E-state index contributed by atoms with van der Waals surface area (Å²) < 4.78 is 11.3. The fraction of sp³-hybridized carbons (Fsp3) is 0.765. The first-order chi connectivity index (χ1) is 9.76. The van der Waals surface area contributed by atoms with E-state index in [1.165, 1.54) is 6.08 Å². The van der Waals surface area contributed by atoms with Crippen LogP contribution in [0.5, 0.6) is 0 Å². The largest absolute Gasteiger partial charge is 0.459 e. The van der Waals surface area contributed by atoms with Gasteiger partial charge in [0.1, 0.15) is 11.2 Å². The summed E-state index contributed by atoms with van der Waals surface area (Å²) in [5.41, 5.74) is -1.39. The Morgan fingerprint density at radius 2 is 1.76 bits per heavy atom. The molecule has 2 atom stereocenters. The first kappa shape index (κ1) is 19.8. The van der Waals surface area contributed by atoms with Crippen LogP contribution in [0.1, 0.15) is 66.7 Å². The van der Waals surface area contributed by atoms with Crippen LogP contribution >= 0.6 is 0 Å². The maximum absolute atomic E-state index is 11.8. The second kappa shape index (κ2) is 8.98. The summed E-state index contributed by atoms with van der Waals surface area (Å²) in [7, 11) is 0. The predicted octanol–water partition coefficient (Wildman–Crippen LogP) is 3.83. The molecule has 0 radical (unpaired) electrons. The molecule has 0 heterocycles. The van der Waals surface area contributed by atoms with Crippen molar-refractivity contribution >= 4 is 11.8 Å². The van der Waals surface area contributed by atoms with Gasteiger partial charge in [-0.05, 0) is 39.2 Å². The third-order valence-corrected chi connectivity index (χ3v) is 4.00. The normalized spacial score (nSPS) is 16.6. The van der Waals surface area contributed by atoms with Gasteiger partial charge in [-0.1, -0.05) is 27.4 Å². The van der Waals surface area contributed by atoms with Crippen molar-refractivity contribution in [2.45, 2.75) is 77.9 Å². The molecule has 0 N–H and O–H groups in total.